The highest BCUT2D eigenvalue weighted by molar-refractivity contribution is 5.28. The van der Waals surface area contributed by atoms with Gasteiger partial charge in [0.1, 0.15) is 5.82 Å². The van der Waals surface area contributed by atoms with E-state index < -0.39 is 0 Å². The fourth-order valence-electron chi connectivity index (χ4n) is 3.28. The first-order valence-corrected chi connectivity index (χ1v) is 8.58. The smallest absolute Gasteiger partial charge is 0.127 e. The highest BCUT2D eigenvalue weighted by Crippen LogP contribution is 2.19. The van der Waals surface area contributed by atoms with Crippen LogP contribution in [0.2, 0.25) is 0 Å². The normalized spacial score (nSPS) is 19.5. The zero-order chi connectivity index (χ0) is 16.9. The number of aliphatic hydroxyl groups excluding tert-OH is 1. The van der Waals surface area contributed by atoms with E-state index in [0.717, 1.165) is 26.1 Å². The molecule has 2 atom stereocenters. The van der Waals surface area contributed by atoms with Crippen molar-refractivity contribution in [3.8, 4) is 0 Å². The van der Waals surface area contributed by atoms with Crippen molar-refractivity contribution in [2.24, 2.45) is 0 Å². The second kappa shape index (κ2) is 7.88. The van der Waals surface area contributed by atoms with Gasteiger partial charge < -0.3 is 10.4 Å². The number of nitrogens with one attached hydrogen (secondary N) is 1. The number of hydrogen-bond acceptors (Lipinski definition) is 3. The van der Waals surface area contributed by atoms with Crippen LogP contribution in [0.15, 0.2) is 48.5 Å². The van der Waals surface area contributed by atoms with E-state index in [4.69, 9.17) is 0 Å². The van der Waals surface area contributed by atoms with Crippen molar-refractivity contribution < 1.29 is 9.50 Å². The fourth-order valence-corrected chi connectivity index (χ4v) is 3.28. The van der Waals surface area contributed by atoms with E-state index in [1.165, 1.54) is 17.2 Å². The molecule has 1 aliphatic heterocycles. The van der Waals surface area contributed by atoms with Crippen LogP contribution in [0.4, 0.5) is 4.39 Å². The maximum absolute atomic E-state index is 13.9. The van der Waals surface area contributed by atoms with Crippen LogP contribution >= 0.6 is 0 Å². The third-order valence-corrected chi connectivity index (χ3v) is 4.73. The summed E-state index contributed by atoms with van der Waals surface area (Å²) >= 11 is 0. The molecule has 0 aromatic heterocycles. The summed E-state index contributed by atoms with van der Waals surface area (Å²) in [6.07, 6.45) is 0.654. The van der Waals surface area contributed by atoms with Crippen molar-refractivity contribution in [2.45, 2.75) is 38.6 Å². The topological polar surface area (TPSA) is 35.5 Å². The Morgan fingerprint density at radius 3 is 2.58 bits per heavy atom. The van der Waals surface area contributed by atoms with Gasteiger partial charge in [-0.2, -0.15) is 0 Å². The molecule has 4 heteroatoms. The molecule has 128 valence electrons. The van der Waals surface area contributed by atoms with Gasteiger partial charge in [0.2, 0.25) is 0 Å². The summed E-state index contributed by atoms with van der Waals surface area (Å²) in [4.78, 5) is 2.28. The molecule has 1 heterocycles. The Morgan fingerprint density at radius 2 is 1.88 bits per heavy atom. The minimum absolute atomic E-state index is 0.0483. The van der Waals surface area contributed by atoms with Crippen LogP contribution in [0.5, 0.6) is 0 Å². The van der Waals surface area contributed by atoms with Gasteiger partial charge in [-0.15, -0.1) is 0 Å². The van der Waals surface area contributed by atoms with Gasteiger partial charge in [-0.1, -0.05) is 42.5 Å². The lowest BCUT2D eigenvalue weighted by atomic mass is 10.0. The van der Waals surface area contributed by atoms with Crippen molar-refractivity contribution in [2.75, 3.05) is 13.1 Å². The van der Waals surface area contributed by atoms with E-state index in [0.29, 0.717) is 12.1 Å². The molecule has 1 fully saturated rings. The predicted molar refractivity (Wildman–Crippen MR) is 94.0 cm³/mol. The Kier molecular flexibility index (Phi) is 5.61. The van der Waals surface area contributed by atoms with Gasteiger partial charge >= 0.3 is 0 Å². The van der Waals surface area contributed by atoms with E-state index in [1.54, 1.807) is 6.07 Å². The monoisotopic (exact) mass is 328 g/mol. The van der Waals surface area contributed by atoms with Crippen molar-refractivity contribution in [1.82, 2.24) is 10.2 Å². The molecule has 0 amide bonds. The minimum Gasteiger partial charge on any atom is -0.392 e. The molecule has 0 bridgehead atoms. The van der Waals surface area contributed by atoms with Gasteiger partial charge in [0.25, 0.3) is 0 Å². The van der Waals surface area contributed by atoms with Crippen LogP contribution in [0, 0.1) is 5.82 Å². The maximum atomic E-state index is 13.9. The Bertz CT molecular complexity index is 676. The zero-order valence-electron chi connectivity index (χ0n) is 14.1. The fraction of sp³-hybridized carbons (Fsp3) is 0.400. The van der Waals surface area contributed by atoms with Crippen molar-refractivity contribution in [1.29, 1.82) is 0 Å². The molecule has 1 aliphatic rings. The van der Waals surface area contributed by atoms with E-state index >= 15 is 0 Å². The summed E-state index contributed by atoms with van der Waals surface area (Å²) in [6.45, 7) is 5.21. The molecule has 24 heavy (non-hydrogen) atoms. The zero-order valence-corrected chi connectivity index (χ0v) is 14.1. The van der Waals surface area contributed by atoms with Crippen LogP contribution in [0.25, 0.3) is 0 Å². The van der Waals surface area contributed by atoms with Crippen molar-refractivity contribution in [3.05, 3.63) is 71.0 Å². The second-order valence-corrected chi connectivity index (χ2v) is 6.57. The molecule has 0 aliphatic carbocycles. The molecule has 3 nitrogen and oxygen atoms in total. The molecular formula is C20H25FN2O. The number of rotatable bonds is 6. The maximum Gasteiger partial charge on any atom is 0.127 e. The summed E-state index contributed by atoms with van der Waals surface area (Å²) in [7, 11) is 0. The molecule has 0 unspecified atom stereocenters. The number of likely N-dealkylation sites (tertiary alicyclic amines) is 1. The molecule has 2 N–H and O–H groups in total. The average Bonchev–Trinajstić information content (AvgIpc) is 2.99. The van der Waals surface area contributed by atoms with E-state index in [9.17, 15) is 9.50 Å². The molecule has 2 aromatic carbocycles. The van der Waals surface area contributed by atoms with Crippen LogP contribution in [-0.2, 0) is 13.1 Å². The van der Waals surface area contributed by atoms with Gasteiger partial charge in [-0.05, 0) is 30.5 Å². The third kappa shape index (κ3) is 4.20. The lowest BCUT2D eigenvalue weighted by Gasteiger charge is -2.20. The number of halogens is 1. The van der Waals surface area contributed by atoms with E-state index in [1.807, 2.05) is 31.2 Å². The first-order chi connectivity index (χ1) is 11.6. The highest BCUT2D eigenvalue weighted by Gasteiger charge is 2.20. The number of nitrogens with zero attached hydrogens (tertiary/aromatic N) is 1. The van der Waals surface area contributed by atoms with Crippen LogP contribution in [0.3, 0.4) is 0 Å². The summed E-state index contributed by atoms with van der Waals surface area (Å²) in [5.41, 5.74) is 3.18. The lowest BCUT2D eigenvalue weighted by Crippen LogP contribution is -2.24. The molecule has 0 saturated carbocycles. The van der Waals surface area contributed by atoms with Gasteiger partial charge in [-0.3, -0.25) is 4.90 Å². The lowest BCUT2D eigenvalue weighted by molar-refractivity contribution is 0.174. The molecule has 0 radical (unpaired) electrons. The van der Waals surface area contributed by atoms with Crippen LogP contribution < -0.4 is 5.32 Å². The summed E-state index contributed by atoms with van der Waals surface area (Å²) < 4.78 is 13.9. The van der Waals surface area contributed by atoms with Gasteiger partial charge in [-0.25, -0.2) is 4.39 Å². The second-order valence-electron chi connectivity index (χ2n) is 6.57. The molecule has 3 rings (SSSR count). The number of benzene rings is 2. The Hall–Kier alpha value is -1.75. The molecule has 1 saturated heterocycles. The first kappa shape index (κ1) is 17.1. The van der Waals surface area contributed by atoms with Gasteiger partial charge in [0, 0.05) is 37.8 Å². The highest BCUT2D eigenvalue weighted by atomic mass is 19.1. The van der Waals surface area contributed by atoms with E-state index in [2.05, 4.69) is 22.3 Å². The summed E-state index contributed by atoms with van der Waals surface area (Å²) in [5, 5.41) is 13.1. The standard InChI is InChI=1S/C20H25FN2O/c1-15(19-8-4-5-9-20(19)21)22-12-16-6-2-3-7-17(16)13-23-11-10-18(24)14-23/h2-9,15,18,22,24H,10-14H2,1H3/t15-,18-/m0/s1. The molecule has 2 aromatic rings. The average molecular weight is 328 g/mol. The number of hydrogen-bond donors (Lipinski definition) is 2. The summed E-state index contributed by atoms with van der Waals surface area (Å²) in [5.74, 6) is -0.170. The largest absolute Gasteiger partial charge is 0.392 e. The quantitative estimate of drug-likeness (QED) is 0.854. The third-order valence-electron chi connectivity index (χ3n) is 4.73. The summed E-state index contributed by atoms with van der Waals surface area (Å²) in [6, 6.07) is 15.2. The molecular weight excluding hydrogens is 303 g/mol. The predicted octanol–water partition coefficient (Wildman–Crippen LogP) is 3.24. The Balaban J connectivity index is 1.64. The van der Waals surface area contributed by atoms with E-state index in [-0.39, 0.29) is 18.0 Å². The van der Waals surface area contributed by atoms with Crippen LogP contribution in [0.1, 0.15) is 36.1 Å². The molecule has 0 spiro atoms. The van der Waals surface area contributed by atoms with Crippen molar-refractivity contribution >= 4 is 0 Å². The number of aliphatic hydroxyl groups is 1. The number of β-amino-alcohol motifs (C(OH)–C–C–N with tert-alkyl or cyclic N) is 1. The van der Waals surface area contributed by atoms with Gasteiger partial charge in [0.15, 0.2) is 0 Å². The van der Waals surface area contributed by atoms with Crippen molar-refractivity contribution in [3.63, 3.8) is 0 Å². The van der Waals surface area contributed by atoms with Crippen LogP contribution in [-0.4, -0.2) is 29.2 Å². The SMILES string of the molecule is C[C@H](NCc1ccccc1CN1CC[C@H](O)C1)c1ccccc1F. The Labute approximate surface area is 143 Å². The minimum atomic E-state index is -0.198. The Morgan fingerprint density at radius 1 is 1.17 bits per heavy atom. The first-order valence-electron chi connectivity index (χ1n) is 8.58. The van der Waals surface area contributed by atoms with Gasteiger partial charge in [0.05, 0.1) is 6.10 Å².